The van der Waals surface area contributed by atoms with Crippen molar-refractivity contribution < 1.29 is 0 Å². The molecule has 0 aliphatic rings. The van der Waals surface area contributed by atoms with Gasteiger partial charge in [0.25, 0.3) is 0 Å². The molecule has 100 valence electrons. The predicted octanol–water partition coefficient (Wildman–Crippen LogP) is 3.39. The van der Waals surface area contributed by atoms with Crippen LogP contribution in [0.5, 0.6) is 0 Å². The summed E-state index contributed by atoms with van der Waals surface area (Å²) in [5, 5.41) is 4.63. The number of hydrogen-bond acceptors (Lipinski definition) is 2. The van der Waals surface area contributed by atoms with Gasteiger partial charge in [-0.15, -0.1) is 0 Å². The molecule has 0 fully saturated rings. The summed E-state index contributed by atoms with van der Waals surface area (Å²) in [6.45, 7) is 4.24. The van der Waals surface area contributed by atoms with Gasteiger partial charge in [0.1, 0.15) is 4.99 Å². The molecule has 1 aromatic carbocycles. The number of benzene rings is 1. The van der Waals surface area contributed by atoms with E-state index in [2.05, 4.69) is 40.9 Å². The van der Waals surface area contributed by atoms with E-state index in [1.54, 1.807) is 0 Å². The standard InChI is InChI=1S/C14H16BrN3S/c1-3-10-8-11(4-2)18(17-10)13-6-5-9(14(16)19)7-12(13)15/h5-8H,3-4H2,1-2H3,(H2,16,19). The summed E-state index contributed by atoms with van der Waals surface area (Å²) < 4.78 is 2.92. The number of halogens is 1. The zero-order valence-corrected chi connectivity index (χ0v) is 13.4. The van der Waals surface area contributed by atoms with Crippen molar-refractivity contribution in [3.8, 4) is 5.69 Å². The van der Waals surface area contributed by atoms with Crippen molar-refractivity contribution in [3.05, 3.63) is 45.7 Å². The lowest BCUT2D eigenvalue weighted by atomic mass is 10.2. The molecular weight excluding hydrogens is 322 g/mol. The van der Waals surface area contributed by atoms with E-state index in [4.69, 9.17) is 18.0 Å². The first-order valence-electron chi connectivity index (χ1n) is 6.24. The van der Waals surface area contributed by atoms with Gasteiger partial charge in [-0.05, 0) is 53.0 Å². The van der Waals surface area contributed by atoms with E-state index in [1.165, 1.54) is 5.69 Å². The third-order valence-electron chi connectivity index (χ3n) is 3.02. The Morgan fingerprint density at radius 1 is 1.32 bits per heavy atom. The van der Waals surface area contributed by atoms with E-state index in [9.17, 15) is 0 Å². The number of hydrogen-bond donors (Lipinski definition) is 1. The van der Waals surface area contributed by atoms with Gasteiger partial charge in [0, 0.05) is 15.7 Å². The number of aryl methyl sites for hydroxylation is 2. The Balaban J connectivity index is 2.52. The molecule has 2 aromatic rings. The molecule has 2 N–H and O–H groups in total. The van der Waals surface area contributed by atoms with Crippen LogP contribution in [-0.2, 0) is 12.8 Å². The first kappa shape index (κ1) is 14.2. The van der Waals surface area contributed by atoms with Gasteiger partial charge in [-0.1, -0.05) is 26.1 Å². The van der Waals surface area contributed by atoms with Crippen molar-refractivity contribution in [2.24, 2.45) is 5.73 Å². The molecule has 3 nitrogen and oxygen atoms in total. The third kappa shape index (κ3) is 2.87. The van der Waals surface area contributed by atoms with E-state index in [0.717, 1.165) is 34.3 Å². The van der Waals surface area contributed by atoms with E-state index >= 15 is 0 Å². The van der Waals surface area contributed by atoms with Crippen LogP contribution in [0.3, 0.4) is 0 Å². The van der Waals surface area contributed by atoms with E-state index < -0.39 is 0 Å². The Morgan fingerprint density at radius 2 is 2.05 bits per heavy atom. The normalized spacial score (nSPS) is 10.7. The fourth-order valence-electron chi connectivity index (χ4n) is 1.94. The van der Waals surface area contributed by atoms with Crippen LogP contribution in [0.1, 0.15) is 30.8 Å². The summed E-state index contributed by atoms with van der Waals surface area (Å²) in [6, 6.07) is 8.00. The summed E-state index contributed by atoms with van der Waals surface area (Å²) in [6.07, 6.45) is 1.87. The molecule has 0 radical (unpaired) electrons. The lowest BCUT2D eigenvalue weighted by Crippen LogP contribution is -2.10. The average molecular weight is 338 g/mol. The van der Waals surface area contributed by atoms with Gasteiger partial charge in [-0.3, -0.25) is 0 Å². The highest BCUT2D eigenvalue weighted by molar-refractivity contribution is 9.10. The number of nitrogens with zero attached hydrogens (tertiary/aromatic N) is 2. The second-order valence-corrected chi connectivity index (χ2v) is 5.57. The van der Waals surface area contributed by atoms with Crippen LogP contribution in [0, 0.1) is 0 Å². The Bertz CT molecular complexity index is 619. The van der Waals surface area contributed by atoms with E-state index in [0.29, 0.717) is 4.99 Å². The molecule has 0 aliphatic carbocycles. The molecule has 0 aliphatic heterocycles. The number of nitrogens with two attached hydrogens (primary N) is 1. The Kier molecular flexibility index (Phi) is 4.37. The SMILES string of the molecule is CCc1cc(CC)n(-c2ccc(C(N)=S)cc2Br)n1. The first-order valence-corrected chi connectivity index (χ1v) is 7.44. The minimum Gasteiger partial charge on any atom is -0.389 e. The summed E-state index contributed by atoms with van der Waals surface area (Å²) in [5.41, 5.74) is 9.80. The Labute approximate surface area is 126 Å². The molecule has 0 spiro atoms. The number of aromatic nitrogens is 2. The highest BCUT2D eigenvalue weighted by atomic mass is 79.9. The monoisotopic (exact) mass is 337 g/mol. The van der Waals surface area contributed by atoms with Gasteiger partial charge < -0.3 is 5.73 Å². The van der Waals surface area contributed by atoms with Crippen molar-refractivity contribution in [1.82, 2.24) is 9.78 Å². The van der Waals surface area contributed by atoms with Gasteiger partial charge in [-0.25, -0.2) is 4.68 Å². The number of rotatable bonds is 4. The minimum atomic E-state index is 0.401. The molecule has 0 saturated carbocycles. The summed E-state index contributed by atoms with van der Waals surface area (Å²) in [5.74, 6) is 0. The zero-order chi connectivity index (χ0) is 14.0. The molecule has 0 saturated heterocycles. The Hall–Kier alpha value is -1.20. The van der Waals surface area contributed by atoms with E-state index in [1.807, 2.05) is 22.9 Å². The molecule has 1 heterocycles. The molecule has 5 heteroatoms. The van der Waals surface area contributed by atoms with E-state index in [-0.39, 0.29) is 0 Å². The van der Waals surface area contributed by atoms with Gasteiger partial charge in [0.05, 0.1) is 11.4 Å². The van der Waals surface area contributed by atoms with Crippen LogP contribution >= 0.6 is 28.1 Å². The second kappa shape index (κ2) is 5.84. The predicted molar refractivity (Wildman–Crippen MR) is 85.9 cm³/mol. The lowest BCUT2D eigenvalue weighted by Gasteiger charge is -2.09. The minimum absolute atomic E-state index is 0.401. The maximum Gasteiger partial charge on any atom is 0.104 e. The van der Waals surface area contributed by atoms with Gasteiger partial charge in [-0.2, -0.15) is 5.10 Å². The summed E-state index contributed by atoms with van der Waals surface area (Å²) in [7, 11) is 0. The maximum atomic E-state index is 5.64. The van der Waals surface area contributed by atoms with Crippen LogP contribution < -0.4 is 5.73 Å². The van der Waals surface area contributed by atoms with Gasteiger partial charge >= 0.3 is 0 Å². The molecule has 2 rings (SSSR count). The van der Waals surface area contributed by atoms with Crippen molar-refractivity contribution in [1.29, 1.82) is 0 Å². The quantitative estimate of drug-likeness (QED) is 0.869. The van der Waals surface area contributed by atoms with Crippen LogP contribution in [-0.4, -0.2) is 14.8 Å². The van der Waals surface area contributed by atoms with Crippen LogP contribution in [0.15, 0.2) is 28.7 Å². The van der Waals surface area contributed by atoms with Crippen molar-refractivity contribution in [3.63, 3.8) is 0 Å². The smallest absolute Gasteiger partial charge is 0.104 e. The maximum absolute atomic E-state index is 5.64. The number of thiocarbonyl (C=S) groups is 1. The second-order valence-electron chi connectivity index (χ2n) is 4.28. The molecule has 0 amide bonds. The molecule has 0 bridgehead atoms. The molecular formula is C14H16BrN3S. The van der Waals surface area contributed by atoms with Crippen molar-refractivity contribution >= 4 is 33.1 Å². The molecule has 19 heavy (non-hydrogen) atoms. The molecule has 0 unspecified atom stereocenters. The lowest BCUT2D eigenvalue weighted by molar-refractivity contribution is 0.791. The van der Waals surface area contributed by atoms with Crippen LogP contribution in [0.25, 0.3) is 5.69 Å². The Morgan fingerprint density at radius 3 is 2.58 bits per heavy atom. The third-order valence-corrected chi connectivity index (χ3v) is 3.89. The summed E-state index contributed by atoms with van der Waals surface area (Å²) in [4.78, 5) is 0.401. The summed E-state index contributed by atoms with van der Waals surface area (Å²) >= 11 is 8.56. The van der Waals surface area contributed by atoms with Crippen molar-refractivity contribution in [2.75, 3.05) is 0 Å². The highest BCUT2D eigenvalue weighted by Gasteiger charge is 2.11. The van der Waals surface area contributed by atoms with Gasteiger partial charge in [0.2, 0.25) is 0 Å². The van der Waals surface area contributed by atoms with Crippen LogP contribution in [0.2, 0.25) is 0 Å². The van der Waals surface area contributed by atoms with Crippen molar-refractivity contribution in [2.45, 2.75) is 26.7 Å². The zero-order valence-electron chi connectivity index (χ0n) is 11.0. The van der Waals surface area contributed by atoms with Crippen LogP contribution in [0.4, 0.5) is 0 Å². The largest absolute Gasteiger partial charge is 0.389 e. The fourth-order valence-corrected chi connectivity index (χ4v) is 2.61. The topological polar surface area (TPSA) is 43.8 Å². The fraction of sp³-hybridized carbons (Fsp3) is 0.286. The highest BCUT2D eigenvalue weighted by Crippen LogP contribution is 2.24. The molecule has 0 atom stereocenters. The average Bonchev–Trinajstić information content (AvgIpc) is 2.81. The molecule has 1 aromatic heterocycles. The van der Waals surface area contributed by atoms with Gasteiger partial charge in [0.15, 0.2) is 0 Å². The first-order chi connectivity index (χ1) is 9.06.